The van der Waals surface area contributed by atoms with Crippen LogP contribution in [0.15, 0.2) is 352 Å². The lowest BCUT2D eigenvalue weighted by Crippen LogP contribution is -2.66. The van der Waals surface area contributed by atoms with Crippen LogP contribution in [0, 0.1) is 0 Å². The molecule has 0 atom stereocenters. The molecule has 0 aromatic heterocycles. The maximum atomic E-state index is 2.73. The molecule has 0 spiro atoms. The van der Waals surface area contributed by atoms with Crippen molar-refractivity contribution in [1.29, 1.82) is 0 Å². The Bertz CT molecular complexity index is 6440. The molecule has 5 aliphatic heterocycles. The number of para-hydroxylation sites is 6. The number of anilines is 15. The summed E-state index contributed by atoms with van der Waals surface area (Å²) >= 11 is 0. The van der Waals surface area contributed by atoms with E-state index in [1.54, 1.807) is 0 Å². The average molecular weight is 1320 g/mol. The predicted molar refractivity (Wildman–Crippen MR) is 442 cm³/mol. The third-order valence-corrected chi connectivity index (χ3v) is 23.6. The smallest absolute Gasteiger partial charge is 0.252 e. The molecule has 0 saturated carbocycles. The Labute approximate surface area is 605 Å². The highest BCUT2D eigenvalue weighted by atomic mass is 15.2. The first-order valence-electron chi connectivity index (χ1n) is 36.6. The molecule has 0 saturated heterocycles. The van der Waals surface area contributed by atoms with Gasteiger partial charge in [-0.1, -0.05) is 254 Å². The maximum Gasteiger partial charge on any atom is 0.252 e. The molecule has 17 aromatic carbocycles. The Balaban J connectivity index is 0.881. The van der Waals surface area contributed by atoms with E-state index in [0.717, 1.165) is 75.4 Å². The highest BCUT2D eigenvalue weighted by Gasteiger charge is 2.49. The molecule has 4 bridgehead atoms. The van der Waals surface area contributed by atoms with Crippen molar-refractivity contribution in [2.75, 3.05) is 24.5 Å². The first-order valence-corrected chi connectivity index (χ1v) is 36.6. The lowest BCUT2D eigenvalue weighted by Gasteiger charge is -2.47. The van der Waals surface area contributed by atoms with E-state index in [-0.39, 0.29) is 20.1 Å². The molecule has 104 heavy (non-hydrogen) atoms. The fourth-order valence-corrected chi connectivity index (χ4v) is 19.4. The van der Waals surface area contributed by atoms with Crippen LogP contribution in [0.3, 0.4) is 0 Å². The zero-order valence-corrected chi connectivity index (χ0v) is 56.9. The van der Waals surface area contributed by atoms with Crippen molar-refractivity contribution >= 4 is 198 Å². The first kappa shape index (κ1) is 57.7. The van der Waals surface area contributed by atoms with Gasteiger partial charge in [-0.25, -0.2) is 0 Å². The summed E-state index contributed by atoms with van der Waals surface area (Å²) in [6.45, 7) is -0.526. The Morgan fingerprint density at radius 3 is 0.875 bits per heavy atom. The molecule has 5 heterocycles. The fourth-order valence-electron chi connectivity index (χ4n) is 19.4. The Kier molecular flexibility index (Phi) is 12.3. The van der Waals surface area contributed by atoms with Gasteiger partial charge in [0.25, 0.3) is 6.71 Å². The van der Waals surface area contributed by atoms with Crippen molar-refractivity contribution in [3.63, 3.8) is 0 Å². The van der Waals surface area contributed by atoms with Crippen LogP contribution >= 0.6 is 0 Å². The molecule has 0 amide bonds. The van der Waals surface area contributed by atoms with E-state index < -0.39 is 0 Å². The lowest BCUT2D eigenvalue weighted by molar-refractivity contribution is 1.04. The van der Waals surface area contributed by atoms with Gasteiger partial charge < -0.3 is 24.5 Å². The summed E-state index contributed by atoms with van der Waals surface area (Å²) in [4.78, 5) is 12.9. The summed E-state index contributed by atoms with van der Waals surface area (Å²) in [6.07, 6.45) is 1.64. The van der Waals surface area contributed by atoms with Crippen LogP contribution < -0.4 is 73.7 Å². The second kappa shape index (κ2) is 22.2. The molecular weight excluding hydrogens is 1260 g/mol. The van der Waals surface area contributed by atoms with Gasteiger partial charge in [-0.05, 0) is 226 Å². The minimum absolute atomic E-state index is 0.104. The predicted octanol–water partition coefficient (Wildman–Crippen LogP) is 18.3. The summed E-state index contributed by atoms with van der Waals surface area (Å²) < 4.78 is 0. The third kappa shape index (κ3) is 8.36. The van der Waals surface area contributed by atoms with Crippen molar-refractivity contribution in [3.8, 4) is 0 Å². The number of benzene rings is 17. The minimum Gasteiger partial charge on any atom is -0.311 e. The Morgan fingerprint density at radius 1 is 0.202 bits per heavy atom. The molecule has 0 unspecified atom stereocenters. The molecular formula is C96H62B3N5. The van der Waals surface area contributed by atoms with Crippen molar-refractivity contribution in [2.45, 2.75) is 12.8 Å². The van der Waals surface area contributed by atoms with Gasteiger partial charge in [0.1, 0.15) is 0 Å². The van der Waals surface area contributed by atoms with E-state index >= 15 is 0 Å². The number of rotatable bonds is 7. The van der Waals surface area contributed by atoms with Crippen LogP contribution in [0.4, 0.5) is 85.3 Å². The van der Waals surface area contributed by atoms with Crippen LogP contribution in [0.25, 0.3) is 43.1 Å². The molecule has 0 radical (unpaired) electrons. The van der Waals surface area contributed by atoms with E-state index in [4.69, 9.17) is 0 Å². The standard InChI is InChI=1S/C96H62B3N5/c1-7-33-67(34-8-1)100(68-35-9-2-10-36-68)73-53-94-96-95(54-73)104(72-43-17-6-18-44-72)93-60-92-86(58-87(93)99(96)83-48-62-28-20-22-30-64(62)52-89(83)103(94)71-41-15-5-16-42-71)98-81-50-66-32-24-26-46-75(66)77-55-76-74-45-25-23-31-65(74)49-80(78(76)56-79(77)81)97-82-47-61-27-19-21-29-63(61)51-88(82)101(69-37-11-3-12-38-69)90-59-91(85(98)57-84(90)97)102(92)70-39-13-4-14-40-70/h1-54,57-60H,55-56H2. The molecule has 5 nitrogen and oxygen atoms in total. The number of nitrogens with zero attached hydrogens (tertiary/aromatic N) is 5. The first-order chi connectivity index (χ1) is 51.6. The zero-order chi connectivity index (χ0) is 67.8. The van der Waals surface area contributed by atoms with Crippen LogP contribution in [0.1, 0.15) is 22.3 Å². The fraction of sp³-hybridized carbons (Fsp3) is 0.0208. The van der Waals surface area contributed by atoms with E-state index in [2.05, 4.69) is 376 Å². The SMILES string of the molecule is c1ccc(N(c2ccccc2)c2cc3c4c(c2)N(c2ccccc2)c2cc5ccccc5cc2B4c2cc4c(cc2N3c2ccccc2)N(c2ccccc2)c2cc3c5cc2B4c2cc4ccccc4c4c2Cc2c(cc6ccccc6c2C4)B5c2cc4ccccc4cc2N3c2ccccc2)cc1. The number of fused-ring (bicyclic) bond motifs is 16. The lowest BCUT2D eigenvalue weighted by atomic mass is 9.28. The van der Waals surface area contributed by atoms with Crippen molar-refractivity contribution < 1.29 is 0 Å². The van der Waals surface area contributed by atoms with E-state index in [9.17, 15) is 0 Å². The van der Waals surface area contributed by atoms with Crippen molar-refractivity contribution in [1.82, 2.24) is 0 Å². The van der Waals surface area contributed by atoms with E-state index in [1.165, 1.54) is 137 Å². The van der Waals surface area contributed by atoms with Gasteiger partial charge in [0.05, 0.1) is 5.69 Å². The number of hydrogen-bond donors (Lipinski definition) is 0. The minimum atomic E-state index is -0.214. The zero-order valence-electron chi connectivity index (χ0n) is 56.9. The van der Waals surface area contributed by atoms with E-state index in [0.29, 0.717) is 0 Å². The molecule has 480 valence electrons. The van der Waals surface area contributed by atoms with Crippen LogP contribution in [-0.4, -0.2) is 20.1 Å². The Morgan fingerprint density at radius 2 is 0.481 bits per heavy atom. The monoisotopic (exact) mass is 1320 g/mol. The van der Waals surface area contributed by atoms with Gasteiger partial charge in [0, 0.05) is 79.6 Å². The van der Waals surface area contributed by atoms with Gasteiger partial charge in [0.2, 0.25) is 13.4 Å². The summed E-state index contributed by atoms with van der Waals surface area (Å²) in [7, 11) is 0. The van der Waals surface area contributed by atoms with Gasteiger partial charge in [-0.15, -0.1) is 0 Å². The summed E-state index contributed by atoms with van der Waals surface area (Å²) in [5.41, 5.74) is 34.7. The van der Waals surface area contributed by atoms with Crippen molar-refractivity contribution in [3.05, 3.63) is 374 Å². The normalized spacial score (nSPS) is 13.8. The third-order valence-electron chi connectivity index (χ3n) is 23.6. The molecule has 17 aromatic rings. The van der Waals surface area contributed by atoms with Gasteiger partial charge >= 0.3 is 0 Å². The maximum absolute atomic E-state index is 2.73. The van der Waals surface area contributed by atoms with E-state index in [1.807, 2.05) is 0 Å². The molecule has 1 aliphatic carbocycles. The summed E-state index contributed by atoms with van der Waals surface area (Å²) in [5.74, 6) is 0. The van der Waals surface area contributed by atoms with Gasteiger partial charge in [0.15, 0.2) is 0 Å². The van der Waals surface area contributed by atoms with Crippen LogP contribution in [0.2, 0.25) is 0 Å². The highest BCUT2D eigenvalue weighted by Crippen LogP contribution is 2.52. The molecule has 6 aliphatic rings. The molecule has 8 heteroatoms. The molecule has 23 rings (SSSR count). The van der Waals surface area contributed by atoms with Crippen LogP contribution in [-0.2, 0) is 12.8 Å². The Hall–Kier alpha value is -13.0. The second-order valence-electron chi connectivity index (χ2n) is 29.0. The quantitative estimate of drug-likeness (QED) is 0.147. The second-order valence-corrected chi connectivity index (χ2v) is 29.0. The highest BCUT2D eigenvalue weighted by molar-refractivity contribution is 7.03. The van der Waals surface area contributed by atoms with Gasteiger partial charge in [-0.3, -0.25) is 0 Å². The summed E-state index contributed by atoms with van der Waals surface area (Å²) in [5, 5.41) is 10.2. The summed E-state index contributed by atoms with van der Waals surface area (Å²) in [6, 6.07) is 134. The van der Waals surface area contributed by atoms with Gasteiger partial charge in [-0.2, -0.15) is 0 Å². The largest absolute Gasteiger partial charge is 0.311 e. The van der Waals surface area contributed by atoms with Crippen molar-refractivity contribution in [2.24, 2.45) is 0 Å². The number of hydrogen-bond acceptors (Lipinski definition) is 5. The average Bonchev–Trinajstić information content (AvgIpc) is 0.957. The van der Waals surface area contributed by atoms with Crippen LogP contribution in [0.5, 0.6) is 0 Å². The molecule has 0 fully saturated rings. The molecule has 0 N–H and O–H groups in total. The topological polar surface area (TPSA) is 16.2 Å².